The molecule has 9 heteroatoms. The number of carboxylic acids is 1. The number of esters is 1. The molecule has 0 heterocycles. The second-order valence-electron chi connectivity index (χ2n) is 10.9. The number of hydrogen-bond acceptors (Lipinski definition) is 8. The van der Waals surface area contributed by atoms with Crippen LogP contribution >= 0.6 is 0 Å². The van der Waals surface area contributed by atoms with E-state index in [1.54, 1.807) is 14.0 Å². The molecule has 1 N–H and O–H groups in total. The minimum atomic E-state index is -1.37. The molecule has 0 unspecified atom stereocenters. The summed E-state index contributed by atoms with van der Waals surface area (Å²) in [5.74, 6) is -3.25. The third-order valence-electron chi connectivity index (χ3n) is 9.47. The number of ether oxygens (including phenoxy) is 5. The number of aliphatic carboxylic acids is 1. The van der Waals surface area contributed by atoms with Gasteiger partial charge in [-0.05, 0) is 62.4 Å². The lowest BCUT2D eigenvalue weighted by molar-refractivity contribution is -0.185. The van der Waals surface area contributed by atoms with E-state index in [0.717, 1.165) is 11.9 Å². The largest absolute Gasteiger partial charge is 0.481 e. The first-order valence-corrected chi connectivity index (χ1v) is 11.8. The van der Waals surface area contributed by atoms with Gasteiger partial charge in [-0.2, -0.15) is 0 Å². The Hall–Kier alpha value is -1.81. The average Bonchev–Trinajstić information content (AvgIpc) is 3.19. The van der Waals surface area contributed by atoms with E-state index in [-0.39, 0.29) is 25.9 Å². The van der Waals surface area contributed by atoms with Crippen LogP contribution < -0.4 is 0 Å². The molecule has 0 aliphatic heterocycles. The highest BCUT2D eigenvalue weighted by molar-refractivity contribution is 5.83. The molecule has 0 aromatic carbocycles. The molecule has 1 spiro atoms. The van der Waals surface area contributed by atoms with Crippen LogP contribution in [-0.2, 0) is 38.1 Å². The highest BCUT2D eigenvalue weighted by Crippen LogP contribution is 2.78. The Kier molecular flexibility index (Phi) is 6.46. The lowest BCUT2D eigenvalue weighted by Gasteiger charge is -2.51. The summed E-state index contributed by atoms with van der Waals surface area (Å²) in [4.78, 5) is 39.4. The van der Waals surface area contributed by atoms with Crippen molar-refractivity contribution in [2.45, 2.75) is 57.2 Å². The summed E-state index contributed by atoms with van der Waals surface area (Å²) in [6, 6.07) is 0. The highest BCUT2D eigenvalue weighted by atomic mass is 16.7. The molecule has 190 valence electrons. The molecule has 34 heavy (non-hydrogen) atoms. The van der Waals surface area contributed by atoms with Crippen molar-refractivity contribution < 1.29 is 43.2 Å². The van der Waals surface area contributed by atoms with E-state index >= 15 is 0 Å². The quantitative estimate of drug-likeness (QED) is 0.230. The number of fused-ring (bicyclic) bond motifs is 3. The topological polar surface area (TPSA) is 118 Å². The zero-order valence-electron chi connectivity index (χ0n) is 20.5. The fraction of sp³-hybridized carbons (Fsp3) is 0.800. The van der Waals surface area contributed by atoms with Crippen LogP contribution in [0.15, 0.2) is 12.2 Å². The van der Waals surface area contributed by atoms with Gasteiger partial charge in [0.2, 0.25) is 0 Å². The number of hydrogen-bond donors (Lipinski definition) is 1. The van der Waals surface area contributed by atoms with E-state index in [0.29, 0.717) is 32.1 Å². The van der Waals surface area contributed by atoms with Crippen molar-refractivity contribution in [2.24, 2.45) is 34.0 Å². The lowest BCUT2D eigenvalue weighted by Crippen LogP contribution is -2.56. The van der Waals surface area contributed by atoms with Crippen molar-refractivity contribution in [1.82, 2.24) is 0 Å². The molecule has 4 fully saturated rings. The number of carbonyl (C=O) groups is 3. The SMILES string of the molecule is C=C1C[C@]23C[C@@]1(OCOC)CC[C@H]2[C@]1(C=O)C[C@H](OCOC)C[C@@](C)(C(=O)O)[C@H]1[C@@H]3C(=O)OC. The van der Waals surface area contributed by atoms with Gasteiger partial charge in [-0.25, -0.2) is 0 Å². The van der Waals surface area contributed by atoms with Crippen LogP contribution in [0.3, 0.4) is 0 Å². The van der Waals surface area contributed by atoms with Gasteiger partial charge in [0, 0.05) is 25.6 Å². The smallest absolute Gasteiger partial charge is 0.309 e. The van der Waals surface area contributed by atoms with Crippen molar-refractivity contribution >= 4 is 18.2 Å². The van der Waals surface area contributed by atoms with E-state index in [9.17, 15) is 19.5 Å². The molecular weight excluding hydrogens is 444 g/mol. The summed E-state index contributed by atoms with van der Waals surface area (Å²) in [6.45, 7) is 6.04. The Balaban J connectivity index is 1.89. The maximum Gasteiger partial charge on any atom is 0.309 e. The van der Waals surface area contributed by atoms with Crippen LogP contribution in [0.4, 0.5) is 0 Å². The van der Waals surface area contributed by atoms with Crippen LogP contribution in [0.1, 0.15) is 45.4 Å². The molecule has 4 aliphatic rings. The predicted octanol–water partition coefficient (Wildman–Crippen LogP) is 2.57. The van der Waals surface area contributed by atoms with Gasteiger partial charge in [0.15, 0.2) is 0 Å². The Labute approximate surface area is 200 Å². The monoisotopic (exact) mass is 480 g/mol. The van der Waals surface area contributed by atoms with Gasteiger partial charge < -0.3 is 33.6 Å². The molecule has 4 rings (SSSR count). The summed E-state index contributed by atoms with van der Waals surface area (Å²) < 4.78 is 27.6. The van der Waals surface area contributed by atoms with E-state index in [1.807, 2.05) is 0 Å². The molecular formula is C25H36O9. The Morgan fingerprint density at radius 1 is 1.18 bits per heavy atom. The van der Waals surface area contributed by atoms with Crippen LogP contribution in [0, 0.1) is 34.0 Å². The number of methoxy groups -OCH3 is 3. The molecule has 4 aliphatic carbocycles. The van der Waals surface area contributed by atoms with Crippen LogP contribution in [0.2, 0.25) is 0 Å². The van der Waals surface area contributed by atoms with Crippen LogP contribution in [-0.4, -0.2) is 70.0 Å². The molecule has 0 amide bonds. The molecule has 0 aromatic heterocycles. The van der Waals surface area contributed by atoms with E-state index < -0.39 is 51.7 Å². The van der Waals surface area contributed by atoms with Gasteiger partial charge in [-0.15, -0.1) is 0 Å². The van der Waals surface area contributed by atoms with Gasteiger partial charge in [-0.1, -0.05) is 6.58 Å². The van der Waals surface area contributed by atoms with Gasteiger partial charge >= 0.3 is 11.9 Å². The minimum Gasteiger partial charge on any atom is -0.481 e. The average molecular weight is 481 g/mol. The Morgan fingerprint density at radius 3 is 2.47 bits per heavy atom. The first-order chi connectivity index (χ1) is 16.1. The standard InChI is InChI=1S/C25H36O9/c1-15-8-23-11-25(15,34-14-31-4)7-6-17(23)24(12-26)10-16(33-13-30-3)9-22(2,21(28)29)19(24)18(23)20(27)32-5/h12,16-19H,1,6-11,13-14H2,2-5H3,(H,28,29)/t16-,17-,18-,19-,22-,23+,24-,25+/m1/s1. The van der Waals surface area contributed by atoms with Crippen molar-refractivity contribution in [1.29, 1.82) is 0 Å². The second kappa shape index (κ2) is 8.69. The summed E-state index contributed by atoms with van der Waals surface area (Å²) >= 11 is 0. The summed E-state index contributed by atoms with van der Waals surface area (Å²) in [6.07, 6.45) is 3.14. The number of carbonyl (C=O) groups excluding carboxylic acids is 2. The zero-order chi connectivity index (χ0) is 24.9. The molecule has 9 nitrogen and oxygen atoms in total. The van der Waals surface area contributed by atoms with E-state index in [4.69, 9.17) is 23.7 Å². The number of rotatable bonds is 9. The van der Waals surface area contributed by atoms with E-state index in [2.05, 4.69) is 6.58 Å². The normalized spacial score (nSPS) is 44.9. The highest BCUT2D eigenvalue weighted by Gasteiger charge is 2.79. The predicted molar refractivity (Wildman–Crippen MR) is 118 cm³/mol. The van der Waals surface area contributed by atoms with E-state index in [1.165, 1.54) is 14.2 Å². The summed E-state index contributed by atoms with van der Waals surface area (Å²) in [5.41, 5.74) is -2.91. The lowest BCUT2D eigenvalue weighted by atomic mass is 9.52. The summed E-state index contributed by atoms with van der Waals surface area (Å²) in [7, 11) is 4.37. The Morgan fingerprint density at radius 2 is 1.88 bits per heavy atom. The minimum absolute atomic E-state index is 0.000976. The molecule has 2 bridgehead atoms. The van der Waals surface area contributed by atoms with Crippen molar-refractivity contribution in [3.8, 4) is 0 Å². The molecule has 0 aromatic rings. The van der Waals surface area contributed by atoms with Crippen LogP contribution in [0.5, 0.6) is 0 Å². The third-order valence-corrected chi connectivity index (χ3v) is 9.47. The maximum absolute atomic E-state index is 13.5. The fourth-order valence-electron chi connectivity index (χ4n) is 8.45. The van der Waals surface area contributed by atoms with Crippen LogP contribution in [0.25, 0.3) is 0 Å². The first-order valence-electron chi connectivity index (χ1n) is 11.8. The maximum atomic E-state index is 13.5. The fourth-order valence-corrected chi connectivity index (χ4v) is 8.45. The van der Waals surface area contributed by atoms with Crippen molar-refractivity contribution in [2.75, 3.05) is 34.9 Å². The van der Waals surface area contributed by atoms with Gasteiger partial charge in [0.1, 0.15) is 19.9 Å². The van der Waals surface area contributed by atoms with Gasteiger partial charge in [-0.3, -0.25) is 9.59 Å². The van der Waals surface area contributed by atoms with Gasteiger partial charge in [0.05, 0.1) is 30.1 Å². The Bertz CT molecular complexity index is 872. The van der Waals surface area contributed by atoms with Crippen molar-refractivity contribution in [3.63, 3.8) is 0 Å². The summed E-state index contributed by atoms with van der Waals surface area (Å²) in [5, 5.41) is 10.5. The molecule has 8 atom stereocenters. The second-order valence-corrected chi connectivity index (χ2v) is 10.9. The molecule has 0 saturated heterocycles. The first kappa shape index (κ1) is 25.3. The number of carboxylic acid groups (broad SMARTS) is 1. The zero-order valence-corrected chi connectivity index (χ0v) is 20.5. The third kappa shape index (κ3) is 3.23. The molecule has 0 radical (unpaired) electrons. The van der Waals surface area contributed by atoms with Gasteiger partial charge in [0.25, 0.3) is 0 Å². The number of aldehydes is 1. The van der Waals surface area contributed by atoms with Crippen molar-refractivity contribution in [3.05, 3.63) is 12.2 Å². The molecule has 4 saturated carbocycles.